The lowest BCUT2D eigenvalue weighted by Gasteiger charge is -2.34. The van der Waals surface area contributed by atoms with Gasteiger partial charge in [0.05, 0.1) is 0 Å². The Bertz CT molecular complexity index is 812. The maximum Gasteiger partial charge on any atom is 0.272 e. The van der Waals surface area contributed by atoms with Crippen molar-refractivity contribution in [1.29, 1.82) is 0 Å². The van der Waals surface area contributed by atoms with E-state index in [4.69, 9.17) is 0 Å². The highest BCUT2D eigenvalue weighted by atomic mass is 16.2. The van der Waals surface area contributed by atoms with Gasteiger partial charge < -0.3 is 10.2 Å². The number of carbonyl (C=O) groups is 2. The van der Waals surface area contributed by atoms with Gasteiger partial charge in [-0.3, -0.25) is 19.5 Å². The molecule has 0 atom stereocenters. The Morgan fingerprint density at radius 2 is 1.78 bits per heavy atom. The van der Waals surface area contributed by atoms with Gasteiger partial charge in [-0.15, -0.1) is 0 Å². The molecule has 4 rings (SSSR count). The van der Waals surface area contributed by atoms with Crippen LogP contribution in [0.15, 0.2) is 48.7 Å². The molecule has 1 aromatic carbocycles. The molecule has 0 bridgehead atoms. The first-order chi connectivity index (χ1) is 13.2. The lowest BCUT2D eigenvalue weighted by atomic mass is 10.1. The monoisotopic (exact) mass is 364 g/mol. The fourth-order valence-electron chi connectivity index (χ4n) is 3.30. The Hall–Kier alpha value is -2.73. The zero-order valence-corrected chi connectivity index (χ0v) is 15.3. The fraction of sp³-hybridized carbons (Fsp3) is 0.381. The van der Waals surface area contributed by atoms with Crippen molar-refractivity contribution in [3.05, 3.63) is 65.5 Å². The van der Waals surface area contributed by atoms with Crippen LogP contribution in [0, 0.1) is 0 Å². The molecule has 1 aliphatic heterocycles. The molecule has 27 heavy (non-hydrogen) atoms. The largest absolute Gasteiger partial charge is 0.349 e. The number of aromatic nitrogens is 1. The summed E-state index contributed by atoms with van der Waals surface area (Å²) in [4.78, 5) is 33.4. The van der Waals surface area contributed by atoms with Crippen LogP contribution < -0.4 is 5.32 Å². The van der Waals surface area contributed by atoms with Gasteiger partial charge in [-0.05, 0) is 30.5 Å². The van der Waals surface area contributed by atoms with Crippen LogP contribution in [0.25, 0.3) is 0 Å². The molecule has 1 N–H and O–H groups in total. The Labute approximate surface area is 159 Å². The first-order valence-electron chi connectivity index (χ1n) is 9.51. The molecule has 6 heteroatoms. The molecule has 2 heterocycles. The molecule has 1 saturated carbocycles. The van der Waals surface area contributed by atoms with Crippen molar-refractivity contribution in [2.45, 2.75) is 25.4 Å². The van der Waals surface area contributed by atoms with Crippen LogP contribution in [-0.2, 0) is 6.54 Å². The van der Waals surface area contributed by atoms with Gasteiger partial charge in [0.1, 0.15) is 5.69 Å². The quantitative estimate of drug-likeness (QED) is 0.881. The number of carbonyl (C=O) groups excluding carboxylic acids is 2. The Kier molecular flexibility index (Phi) is 5.16. The highest BCUT2D eigenvalue weighted by Gasteiger charge is 2.26. The smallest absolute Gasteiger partial charge is 0.272 e. The van der Waals surface area contributed by atoms with Gasteiger partial charge in [-0.1, -0.05) is 30.3 Å². The fourth-order valence-corrected chi connectivity index (χ4v) is 3.30. The number of piperazine rings is 1. The van der Waals surface area contributed by atoms with E-state index in [0.717, 1.165) is 32.5 Å². The SMILES string of the molecule is O=C(NC1CC1)c1ccnc(C(=O)N2CCN(Cc3ccccc3)CC2)c1. The average Bonchev–Trinajstić information content (AvgIpc) is 3.53. The van der Waals surface area contributed by atoms with E-state index >= 15 is 0 Å². The van der Waals surface area contributed by atoms with E-state index in [-0.39, 0.29) is 11.8 Å². The van der Waals surface area contributed by atoms with E-state index in [0.29, 0.717) is 30.4 Å². The number of nitrogens with zero attached hydrogens (tertiary/aromatic N) is 3. The van der Waals surface area contributed by atoms with E-state index in [1.54, 1.807) is 18.3 Å². The minimum atomic E-state index is -0.123. The third-order valence-corrected chi connectivity index (χ3v) is 5.06. The lowest BCUT2D eigenvalue weighted by molar-refractivity contribution is 0.0622. The average molecular weight is 364 g/mol. The van der Waals surface area contributed by atoms with Crippen molar-refractivity contribution in [2.24, 2.45) is 0 Å². The van der Waals surface area contributed by atoms with Gasteiger partial charge >= 0.3 is 0 Å². The van der Waals surface area contributed by atoms with Gasteiger partial charge in [-0.25, -0.2) is 0 Å². The molecule has 0 unspecified atom stereocenters. The third kappa shape index (κ3) is 4.52. The number of pyridine rings is 1. The first kappa shape index (κ1) is 17.7. The molecule has 0 spiro atoms. The van der Waals surface area contributed by atoms with Crippen LogP contribution in [0.2, 0.25) is 0 Å². The predicted molar refractivity (Wildman–Crippen MR) is 102 cm³/mol. The molecule has 0 radical (unpaired) electrons. The van der Waals surface area contributed by atoms with E-state index in [1.165, 1.54) is 5.56 Å². The first-order valence-corrected chi connectivity index (χ1v) is 9.51. The molecule has 1 aliphatic carbocycles. The number of amides is 2. The van der Waals surface area contributed by atoms with Gasteiger partial charge in [0, 0.05) is 50.5 Å². The highest BCUT2D eigenvalue weighted by molar-refractivity contribution is 5.98. The molecule has 1 aromatic heterocycles. The minimum absolute atomic E-state index is 0.101. The van der Waals surface area contributed by atoms with E-state index in [1.807, 2.05) is 23.1 Å². The summed E-state index contributed by atoms with van der Waals surface area (Å²) >= 11 is 0. The highest BCUT2D eigenvalue weighted by Crippen LogP contribution is 2.19. The normalized spacial score (nSPS) is 17.6. The van der Waals surface area contributed by atoms with Gasteiger partial charge in [-0.2, -0.15) is 0 Å². The van der Waals surface area contributed by atoms with Crippen LogP contribution in [0.4, 0.5) is 0 Å². The summed E-state index contributed by atoms with van der Waals surface area (Å²) in [5.41, 5.74) is 2.13. The Morgan fingerprint density at radius 3 is 2.48 bits per heavy atom. The van der Waals surface area contributed by atoms with E-state index in [2.05, 4.69) is 27.3 Å². The number of nitrogens with one attached hydrogen (secondary N) is 1. The molecule has 6 nitrogen and oxygen atoms in total. The predicted octanol–water partition coefficient (Wildman–Crippen LogP) is 1.93. The molecule has 2 aliphatic rings. The van der Waals surface area contributed by atoms with Crippen LogP contribution in [0.5, 0.6) is 0 Å². The van der Waals surface area contributed by atoms with Crippen LogP contribution >= 0.6 is 0 Å². The zero-order valence-electron chi connectivity index (χ0n) is 15.3. The van der Waals surface area contributed by atoms with Crippen molar-refractivity contribution in [1.82, 2.24) is 20.1 Å². The summed E-state index contributed by atoms with van der Waals surface area (Å²) in [5, 5.41) is 2.95. The summed E-state index contributed by atoms with van der Waals surface area (Å²) < 4.78 is 0. The molecular formula is C21H24N4O2. The Morgan fingerprint density at radius 1 is 1.04 bits per heavy atom. The van der Waals surface area contributed by atoms with Crippen LogP contribution in [0.3, 0.4) is 0 Å². The topological polar surface area (TPSA) is 65.5 Å². The van der Waals surface area contributed by atoms with Crippen LogP contribution in [-0.4, -0.2) is 58.8 Å². The van der Waals surface area contributed by atoms with Crippen molar-refractivity contribution in [3.8, 4) is 0 Å². The molecule has 140 valence electrons. The summed E-state index contributed by atoms with van der Waals surface area (Å²) in [6.07, 6.45) is 3.62. The van der Waals surface area contributed by atoms with E-state index in [9.17, 15) is 9.59 Å². The summed E-state index contributed by atoms with van der Waals surface area (Å²) in [6.45, 7) is 3.92. The number of hydrogen-bond donors (Lipinski definition) is 1. The second-order valence-electron chi connectivity index (χ2n) is 7.23. The second-order valence-corrected chi connectivity index (χ2v) is 7.23. The van der Waals surface area contributed by atoms with Crippen molar-refractivity contribution >= 4 is 11.8 Å². The summed E-state index contributed by atoms with van der Waals surface area (Å²) in [6, 6.07) is 13.9. The number of rotatable bonds is 5. The van der Waals surface area contributed by atoms with E-state index < -0.39 is 0 Å². The Balaban J connectivity index is 1.34. The van der Waals surface area contributed by atoms with Crippen LogP contribution in [0.1, 0.15) is 39.3 Å². The third-order valence-electron chi connectivity index (χ3n) is 5.06. The van der Waals surface area contributed by atoms with Crippen molar-refractivity contribution in [3.63, 3.8) is 0 Å². The number of hydrogen-bond acceptors (Lipinski definition) is 4. The van der Waals surface area contributed by atoms with Gasteiger partial charge in [0.15, 0.2) is 0 Å². The summed E-state index contributed by atoms with van der Waals surface area (Å²) in [5.74, 6) is -0.225. The zero-order chi connectivity index (χ0) is 18.6. The standard InChI is InChI=1S/C21H24N4O2/c26-20(23-18-6-7-18)17-8-9-22-19(14-17)21(27)25-12-10-24(11-13-25)15-16-4-2-1-3-5-16/h1-5,8-9,14,18H,6-7,10-13,15H2,(H,23,26). The van der Waals surface area contributed by atoms with Crippen molar-refractivity contribution in [2.75, 3.05) is 26.2 Å². The van der Waals surface area contributed by atoms with Gasteiger partial charge in [0.2, 0.25) is 0 Å². The summed E-state index contributed by atoms with van der Waals surface area (Å²) in [7, 11) is 0. The molecule has 2 amide bonds. The number of benzene rings is 1. The molecule has 1 saturated heterocycles. The van der Waals surface area contributed by atoms with Gasteiger partial charge in [0.25, 0.3) is 11.8 Å². The molecular weight excluding hydrogens is 340 g/mol. The maximum absolute atomic E-state index is 12.8. The minimum Gasteiger partial charge on any atom is -0.349 e. The lowest BCUT2D eigenvalue weighted by Crippen LogP contribution is -2.48. The second kappa shape index (κ2) is 7.88. The molecule has 2 fully saturated rings. The maximum atomic E-state index is 12.8. The van der Waals surface area contributed by atoms with Crippen molar-refractivity contribution < 1.29 is 9.59 Å². The molecule has 2 aromatic rings.